The number of rotatable bonds is 2. The number of halogens is 4. The van der Waals surface area contributed by atoms with Crippen molar-refractivity contribution in [3.8, 4) is 0 Å². The summed E-state index contributed by atoms with van der Waals surface area (Å²) >= 11 is 5.75. The van der Waals surface area contributed by atoms with Gasteiger partial charge in [0, 0.05) is 6.54 Å². The molecule has 0 fully saturated rings. The molecule has 3 nitrogen and oxygen atoms in total. The molecule has 0 spiro atoms. The molecule has 0 unspecified atom stereocenters. The average Bonchev–Trinajstić information content (AvgIpc) is 2.20. The fourth-order valence-corrected chi connectivity index (χ4v) is 1.31. The van der Waals surface area contributed by atoms with Crippen molar-refractivity contribution in [2.24, 2.45) is 10.7 Å². The molecule has 0 aliphatic carbocycles. The number of hydrogen-bond acceptors (Lipinski definition) is 1. The Bertz CT molecular complexity index is 429. The van der Waals surface area contributed by atoms with Gasteiger partial charge in [0.2, 0.25) is 0 Å². The summed E-state index contributed by atoms with van der Waals surface area (Å²) in [4.78, 5) is 3.80. The summed E-state index contributed by atoms with van der Waals surface area (Å²) in [6, 6.07) is 2.95. The van der Waals surface area contributed by atoms with Crippen LogP contribution in [0.1, 0.15) is 12.5 Å². The monoisotopic (exact) mass is 265 g/mol. The normalized spacial score (nSPS) is 12.6. The van der Waals surface area contributed by atoms with E-state index in [1.807, 2.05) is 0 Å². The number of alkyl halides is 3. The average molecular weight is 266 g/mol. The van der Waals surface area contributed by atoms with Crippen molar-refractivity contribution in [1.29, 1.82) is 0 Å². The van der Waals surface area contributed by atoms with Crippen LogP contribution in [-0.4, -0.2) is 12.5 Å². The van der Waals surface area contributed by atoms with Gasteiger partial charge in [0.25, 0.3) is 0 Å². The Balaban J connectivity index is 3.03. The number of aliphatic imine (C=N–C) groups is 1. The number of nitrogens with zero attached hydrogens (tertiary/aromatic N) is 1. The Morgan fingerprint density at radius 1 is 1.47 bits per heavy atom. The molecule has 7 heteroatoms. The molecule has 0 radical (unpaired) electrons. The lowest BCUT2D eigenvalue weighted by molar-refractivity contribution is -0.137. The third-order valence-corrected chi connectivity index (χ3v) is 2.21. The van der Waals surface area contributed by atoms with Crippen LogP contribution >= 0.6 is 11.6 Å². The van der Waals surface area contributed by atoms with Crippen molar-refractivity contribution in [1.82, 2.24) is 0 Å². The van der Waals surface area contributed by atoms with Crippen molar-refractivity contribution in [3.05, 3.63) is 28.8 Å². The maximum Gasteiger partial charge on any atom is 0.416 e. The Labute approximate surface area is 101 Å². The Morgan fingerprint density at radius 2 is 2.12 bits per heavy atom. The Hall–Kier alpha value is -1.43. The molecule has 1 aromatic rings. The van der Waals surface area contributed by atoms with Crippen LogP contribution in [0, 0.1) is 0 Å². The third kappa shape index (κ3) is 3.81. The lowest BCUT2D eigenvalue weighted by atomic mass is 10.2. The summed E-state index contributed by atoms with van der Waals surface area (Å²) in [5, 5.41) is 2.67. The van der Waals surface area contributed by atoms with Gasteiger partial charge >= 0.3 is 6.18 Å². The Morgan fingerprint density at radius 3 is 2.65 bits per heavy atom. The number of guanidine groups is 1. The van der Waals surface area contributed by atoms with Gasteiger partial charge in [-0.05, 0) is 25.1 Å². The minimum absolute atomic E-state index is 0.0220. The fraction of sp³-hybridized carbons (Fsp3) is 0.300. The molecule has 0 saturated carbocycles. The lowest BCUT2D eigenvalue weighted by Crippen LogP contribution is -2.23. The van der Waals surface area contributed by atoms with E-state index in [9.17, 15) is 13.2 Å². The second-order valence-corrected chi connectivity index (χ2v) is 3.58. The highest BCUT2D eigenvalue weighted by Crippen LogP contribution is 2.33. The van der Waals surface area contributed by atoms with Crippen molar-refractivity contribution in [2.45, 2.75) is 13.1 Å². The van der Waals surface area contributed by atoms with Gasteiger partial charge in [0.05, 0.1) is 16.3 Å². The van der Waals surface area contributed by atoms with Gasteiger partial charge in [0.1, 0.15) is 0 Å². The molecule has 0 aromatic heterocycles. The number of benzene rings is 1. The molecule has 0 aliphatic heterocycles. The summed E-state index contributed by atoms with van der Waals surface area (Å²) in [6.07, 6.45) is -4.42. The van der Waals surface area contributed by atoms with Gasteiger partial charge in [-0.2, -0.15) is 13.2 Å². The smallest absolute Gasteiger partial charge is 0.370 e. The van der Waals surface area contributed by atoms with E-state index >= 15 is 0 Å². The highest BCUT2D eigenvalue weighted by atomic mass is 35.5. The van der Waals surface area contributed by atoms with Crippen LogP contribution < -0.4 is 11.1 Å². The van der Waals surface area contributed by atoms with Crippen molar-refractivity contribution in [2.75, 3.05) is 11.9 Å². The van der Waals surface area contributed by atoms with Crippen LogP contribution in [0.25, 0.3) is 0 Å². The van der Waals surface area contributed by atoms with E-state index < -0.39 is 11.7 Å². The topological polar surface area (TPSA) is 50.4 Å². The standard InChI is InChI=1S/C10H11ClF3N3/c1-2-16-9(15)17-8-5-6(10(12,13)14)3-4-7(8)11/h3-5H,2H2,1H3,(H3,15,16,17). The predicted octanol–water partition coefficient (Wildman–Crippen LogP) is 3.11. The predicted molar refractivity (Wildman–Crippen MR) is 62.2 cm³/mol. The molecule has 0 saturated heterocycles. The molecule has 3 N–H and O–H groups in total. The van der Waals surface area contributed by atoms with E-state index in [0.29, 0.717) is 6.54 Å². The minimum Gasteiger partial charge on any atom is -0.370 e. The van der Waals surface area contributed by atoms with E-state index in [1.54, 1.807) is 6.92 Å². The molecule has 0 amide bonds. The van der Waals surface area contributed by atoms with E-state index in [4.69, 9.17) is 17.3 Å². The molecule has 0 atom stereocenters. The van der Waals surface area contributed by atoms with Crippen LogP contribution in [0.4, 0.5) is 18.9 Å². The van der Waals surface area contributed by atoms with Gasteiger partial charge in [-0.3, -0.25) is 4.99 Å². The zero-order valence-electron chi connectivity index (χ0n) is 8.98. The summed E-state index contributed by atoms with van der Waals surface area (Å²) in [5.41, 5.74) is 4.73. The number of nitrogens with one attached hydrogen (secondary N) is 1. The number of anilines is 1. The Kier molecular flexibility index (Phi) is 4.22. The quantitative estimate of drug-likeness (QED) is 0.638. The third-order valence-electron chi connectivity index (χ3n) is 1.88. The second kappa shape index (κ2) is 5.27. The molecule has 1 rings (SSSR count). The largest absolute Gasteiger partial charge is 0.416 e. The van der Waals surface area contributed by atoms with E-state index in [2.05, 4.69) is 10.3 Å². The number of hydrogen-bond donors (Lipinski definition) is 2. The van der Waals surface area contributed by atoms with E-state index in [1.165, 1.54) is 0 Å². The highest BCUT2D eigenvalue weighted by Gasteiger charge is 2.30. The zero-order chi connectivity index (χ0) is 13.1. The van der Waals surface area contributed by atoms with E-state index in [-0.39, 0.29) is 16.7 Å². The van der Waals surface area contributed by atoms with Gasteiger partial charge in [-0.15, -0.1) is 0 Å². The van der Waals surface area contributed by atoms with Crippen LogP contribution in [-0.2, 0) is 6.18 Å². The maximum atomic E-state index is 12.5. The van der Waals surface area contributed by atoms with Crippen LogP contribution in [0.15, 0.2) is 23.2 Å². The molecular weight excluding hydrogens is 255 g/mol. The minimum atomic E-state index is -4.42. The van der Waals surface area contributed by atoms with Crippen molar-refractivity contribution in [3.63, 3.8) is 0 Å². The summed E-state index contributed by atoms with van der Waals surface area (Å²) in [5.74, 6) is 0.0220. The first-order chi connectivity index (χ1) is 7.84. The molecule has 94 valence electrons. The SMILES string of the molecule is CCN=C(N)Nc1cc(C(F)(F)F)ccc1Cl. The second-order valence-electron chi connectivity index (χ2n) is 3.18. The first kappa shape index (κ1) is 13.6. The summed E-state index contributed by atoms with van der Waals surface area (Å²) in [7, 11) is 0. The molecular formula is C10H11ClF3N3. The summed E-state index contributed by atoms with van der Waals surface area (Å²) < 4.78 is 37.4. The molecule has 1 aromatic carbocycles. The van der Waals surface area contributed by atoms with Crippen LogP contribution in [0.2, 0.25) is 5.02 Å². The van der Waals surface area contributed by atoms with Gasteiger partial charge in [0.15, 0.2) is 5.96 Å². The zero-order valence-corrected chi connectivity index (χ0v) is 9.73. The fourth-order valence-electron chi connectivity index (χ4n) is 1.15. The molecule has 17 heavy (non-hydrogen) atoms. The van der Waals surface area contributed by atoms with Crippen molar-refractivity contribution >= 4 is 23.2 Å². The number of nitrogens with two attached hydrogens (primary N) is 1. The first-order valence-electron chi connectivity index (χ1n) is 4.78. The summed E-state index contributed by atoms with van der Waals surface area (Å²) in [6.45, 7) is 2.18. The van der Waals surface area contributed by atoms with Crippen LogP contribution in [0.5, 0.6) is 0 Å². The molecule has 0 bridgehead atoms. The van der Waals surface area contributed by atoms with Crippen LogP contribution in [0.3, 0.4) is 0 Å². The van der Waals surface area contributed by atoms with Gasteiger partial charge in [-0.1, -0.05) is 11.6 Å². The lowest BCUT2D eigenvalue weighted by Gasteiger charge is -2.11. The first-order valence-corrected chi connectivity index (χ1v) is 5.16. The van der Waals surface area contributed by atoms with Gasteiger partial charge in [-0.25, -0.2) is 0 Å². The highest BCUT2D eigenvalue weighted by molar-refractivity contribution is 6.33. The van der Waals surface area contributed by atoms with Crippen molar-refractivity contribution < 1.29 is 13.2 Å². The van der Waals surface area contributed by atoms with Gasteiger partial charge < -0.3 is 11.1 Å². The molecule has 0 heterocycles. The maximum absolute atomic E-state index is 12.5. The van der Waals surface area contributed by atoms with E-state index in [0.717, 1.165) is 18.2 Å². The molecule has 0 aliphatic rings.